The summed E-state index contributed by atoms with van der Waals surface area (Å²) >= 11 is 8.14. The molecule has 3 heterocycles. The van der Waals surface area contributed by atoms with Gasteiger partial charge in [0.05, 0.1) is 21.2 Å². The first-order valence-electron chi connectivity index (χ1n) is 13.6. The first-order valence-corrected chi connectivity index (χ1v) is 14.8. The zero-order valence-electron chi connectivity index (χ0n) is 22.9. The average molecular weight is 593 g/mol. The van der Waals surface area contributed by atoms with Gasteiger partial charge in [0.15, 0.2) is 4.80 Å². The topological polar surface area (TPSA) is 82.4 Å². The second-order valence-electron chi connectivity index (χ2n) is 10.6. The van der Waals surface area contributed by atoms with E-state index in [1.54, 1.807) is 16.7 Å². The summed E-state index contributed by atoms with van der Waals surface area (Å²) in [4.78, 5) is 30.6. The molecule has 0 saturated heterocycles. The fourth-order valence-corrected chi connectivity index (χ4v) is 7.42. The second kappa shape index (κ2) is 10.1. The Kier molecular flexibility index (Phi) is 6.33. The van der Waals surface area contributed by atoms with Crippen LogP contribution in [0.15, 0.2) is 94.2 Å². The number of aryl methyl sites for hydroxylation is 2. The van der Waals surface area contributed by atoms with Crippen molar-refractivity contribution in [3.05, 3.63) is 153 Å². The number of rotatable bonds is 4. The van der Waals surface area contributed by atoms with Gasteiger partial charge in [-0.2, -0.15) is 0 Å². The molecule has 5 aromatic rings. The Labute approximate surface area is 250 Å². The Balaban J connectivity index is 1.41. The summed E-state index contributed by atoms with van der Waals surface area (Å²) in [7, 11) is 0. The molecule has 208 valence electrons. The Morgan fingerprint density at radius 3 is 2.52 bits per heavy atom. The highest BCUT2D eigenvalue weighted by Gasteiger charge is 2.33. The van der Waals surface area contributed by atoms with Crippen LogP contribution in [0.1, 0.15) is 46.1 Å². The summed E-state index contributed by atoms with van der Waals surface area (Å²) in [5, 5.41) is 11.7. The van der Waals surface area contributed by atoms with E-state index < -0.39 is 4.92 Å². The summed E-state index contributed by atoms with van der Waals surface area (Å²) in [6, 6.07) is 24.2. The molecule has 3 aromatic carbocycles. The number of thiazole rings is 1. The molecule has 7 nitrogen and oxygen atoms in total. The molecule has 0 fully saturated rings. The molecule has 1 atom stereocenters. The molecule has 1 aliphatic carbocycles. The molecular formula is C33H25ClN4O3S. The average Bonchev–Trinajstić information content (AvgIpc) is 3.45. The van der Waals surface area contributed by atoms with Crippen molar-refractivity contribution in [2.45, 2.75) is 32.7 Å². The number of nitro groups is 1. The number of non-ortho nitro benzene ring substituents is 1. The lowest BCUT2D eigenvalue weighted by molar-refractivity contribution is -0.384. The Bertz CT molecular complexity index is 2140. The van der Waals surface area contributed by atoms with Crippen LogP contribution in [-0.2, 0) is 6.42 Å². The Morgan fingerprint density at radius 1 is 1.02 bits per heavy atom. The van der Waals surface area contributed by atoms with Crippen molar-refractivity contribution in [2.75, 3.05) is 0 Å². The summed E-state index contributed by atoms with van der Waals surface area (Å²) in [6.07, 6.45) is 3.60. The van der Waals surface area contributed by atoms with E-state index in [1.165, 1.54) is 29.0 Å². The van der Waals surface area contributed by atoms with Crippen molar-refractivity contribution in [1.29, 1.82) is 0 Å². The number of allylic oxidation sites excluding steroid dienone is 1. The highest BCUT2D eigenvalue weighted by atomic mass is 35.5. The molecule has 7 rings (SSSR count). The van der Waals surface area contributed by atoms with Crippen LogP contribution in [0.25, 0.3) is 17.5 Å². The van der Waals surface area contributed by atoms with Crippen LogP contribution in [0.5, 0.6) is 0 Å². The zero-order valence-corrected chi connectivity index (χ0v) is 24.4. The number of fused-ring (bicyclic) bond motifs is 3. The van der Waals surface area contributed by atoms with Gasteiger partial charge in [-0.3, -0.25) is 19.5 Å². The maximum atomic E-state index is 14.2. The third-order valence-electron chi connectivity index (χ3n) is 8.15. The summed E-state index contributed by atoms with van der Waals surface area (Å²) in [5.41, 5.74) is 8.87. The van der Waals surface area contributed by atoms with Crippen molar-refractivity contribution in [1.82, 2.24) is 9.13 Å². The Hall–Kier alpha value is -4.53. The van der Waals surface area contributed by atoms with E-state index in [-0.39, 0.29) is 17.3 Å². The van der Waals surface area contributed by atoms with Gasteiger partial charge < -0.3 is 4.57 Å². The second-order valence-corrected chi connectivity index (χ2v) is 12.0. The lowest BCUT2D eigenvalue weighted by atomic mass is 9.83. The van der Waals surface area contributed by atoms with Gasteiger partial charge in [0.1, 0.15) is 0 Å². The highest BCUT2D eigenvalue weighted by molar-refractivity contribution is 7.07. The van der Waals surface area contributed by atoms with E-state index in [2.05, 4.69) is 18.2 Å². The molecule has 0 amide bonds. The van der Waals surface area contributed by atoms with Gasteiger partial charge in [0.25, 0.3) is 11.2 Å². The first-order chi connectivity index (χ1) is 20.3. The smallest absolute Gasteiger partial charge is 0.271 e. The Morgan fingerprint density at radius 2 is 1.76 bits per heavy atom. The monoisotopic (exact) mass is 592 g/mol. The maximum absolute atomic E-state index is 14.2. The van der Waals surface area contributed by atoms with Crippen molar-refractivity contribution >= 4 is 40.4 Å². The predicted octanol–water partition coefficient (Wildman–Crippen LogP) is 6.29. The molecule has 0 radical (unpaired) electrons. The molecule has 0 spiro atoms. The lowest BCUT2D eigenvalue weighted by Crippen LogP contribution is -2.38. The normalized spacial score (nSPS) is 16.1. The number of benzene rings is 3. The van der Waals surface area contributed by atoms with Crippen molar-refractivity contribution in [2.24, 2.45) is 4.99 Å². The van der Waals surface area contributed by atoms with Crippen LogP contribution in [-0.4, -0.2) is 14.1 Å². The summed E-state index contributed by atoms with van der Waals surface area (Å²) in [5.74, 6) is 0. The van der Waals surface area contributed by atoms with Gasteiger partial charge in [0, 0.05) is 39.8 Å². The SMILES string of the molecule is Cc1cc(/C=c2/sc3n(c2=O)C(c2ccccc2Cl)C2=C(N=3)c3ccccc3CC2)c(C)n1-c1ccc([N+](=O)[O-])cc1. The number of halogens is 1. The number of nitrogens with zero attached hydrogens (tertiary/aromatic N) is 4. The van der Waals surface area contributed by atoms with Gasteiger partial charge in [-0.05, 0) is 79.3 Å². The van der Waals surface area contributed by atoms with E-state index in [4.69, 9.17) is 16.6 Å². The van der Waals surface area contributed by atoms with E-state index in [1.807, 2.05) is 60.9 Å². The number of nitro benzene ring substituents is 1. The molecule has 9 heteroatoms. The number of aromatic nitrogens is 2. The van der Waals surface area contributed by atoms with E-state index >= 15 is 0 Å². The van der Waals surface area contributed by atoms with Crippen LogP contribution in [0.2, 0.25) is 5.02 Å². The van der Waals surface area contributed by atoms with Gasteiger partial charge in [-0.15, -0.1) is 0 Å². The first kappa shape index (κ1) is 26.4. The molecule has 2 aliphatic rings. The molecular weight excluding hydrogens is 568 g/mol. The minimum absolute atomic E-state index is 0.0425. The summed E-state index contributed by atoms with van der Waals surface area (Å²) < 4.78 is 4.43. The largest absolute Gasteiger partial charge is 0.318 e. The van der Waals surface area contributed by atoms with Gasteiger partial charge in [0.2, 0.25) is 0 Å². The fraction of sp³-hybridized carbons (Fsp3) is 0.152. The van der Waals surface area contributed by atoms with Gasteiger partial charge in [-0.1, -0.05) is 65.4 Å². The van der Waals surface area contributed by atoms with E-state index in [9.17, 15) is 14.9 Å². The predicted molar refractivity (Wildman–Crippen MR) is 166 cm³/mol. The third kappa shape index (κ3) is 4.18. The number of hydrogen-bond acceptors (Lipinski definition) is 5. The van der Waals surface area contributed by atoms with Crippen molar-refractivity contribution < 1.29 is 4.92 Å². The maximum Gasteiger partial charge on any atom is 0.271 e. The van der Waals surface area contributed by atoms with Crippen LogP contribution < -0.4 is 14.9 Å². The van der Waals surface area contributed by atoms with Gasteiger partial charge >= 0.3 is 0 Å². The minimum Gasteiger partial charge on any atom is -0.318 e. The van der Waals surface area contributed by atoms with Crippen LogP contribution >= 0.6 is 22.9 Å². The standard InChI is InChI=1S/C33H25ClN4O3S/c1-19-17-22(20(2)36(19)23-12-14-24(15-13-23)38(40)41)18-29-32(39)37-31(26-9-5-6-10-28(26)34)27-16-11-21-7-3-4-8-25(21)30(27)35-33(37)42-29/h3-10,12-15,17-18,31H,11,16H2,1-2H3/b29-18+. The third-order valence-corrected chi connectivity index (χ3v) is 9.48. The molecule has 1 aliphatic heterocycles. The highest BCUT2D eigenvalue weighted by Crippen LogP contribution is 2.42. The summed E-state index contributed by atoms with van der Waals surface area (Å²) in [6.45, 7) is 3.97. The van der Waals surface area contributed by atoms with Crippen LogP contribution in [0, 0.1) is 24.0 Å². The van der Waals surface area contributed by atoms with Crippen LogP contribution in [0.4, 0.5) is 5.69 Å². The molecule has 0 bridgehead atoms. The number of hydrogen-bond donors (Lipinski definition) is 0. The zero-order chi connectivity index (χ0) is 29.1. The quantitative estimate of drug-likeness (QED) is 0.182. The van der Waals surface area contributed by atoms with E-state index in [0.717, 1.165) is 57.9 Å². The fourth-order valence-electron chi connectivity index (χ4n) is 6.19. The van der Waals surface area contributed by atoms with Crippen molar-refractivity contribution in [3.63, 3.8) is 0 Å². The molecule has 42 heavy (non-hydrogen) atoms. The molecule has 0 N–H and O–H groups in total. The van der Waals surface area contributed by atoms with Crippen LogP contribution in [0.3, 0.4) is 0 Å². The molecule has 0 saturated carbocycles. The lowest BCUT2D eigenvalue weighted by Gasteiger charge is -2.31. The molecule has 1 unspecified atom stereocenters. The van der Waals surface area contributed by atoms with E-state index in [0.29, 0.717) is 14.4 Å². The minimum atomic E-state index is -0.406. The molecule has 2 aromatic heterocycles. The van der Waals surface area contributed by atoms with Gasteiger partial charge in [-0.25, -0.2) is 4.99 Å². The van der Waals surface area contributed by atoms with Crippen molar-refractivity contribution in [3.8, 4) is 5.69 Å².